The average molecular weight is 386 g/mol. The molecule has 2 aliphatic heterocycles. The van der Waals surface area contributed by atoms with Crippen LogP contribution in [0.15, 0.2) is 18.2 Å². The molecule has 28 heavy (non-hydrogen) atoms. The standard InChI is InChI=1S/C21H30N4O3/c1-2-4-16(22)5-3-10-23-12-14-6-7-15-13-25(21(28)17(15)11-14)18-8-9-19(26)24-20(18)27/h6-7,11,16,18,23H,2-5,8-10,12-13,22H2,1H3,(H,24,26,27). The van der Waals surface area contributed by atoms with Crippen molar-refractivity contribution in [3.8, 4) is 0 Å². The van der Waals surface area contributed by atoms with E-state index in [0.29, 0.717) is 25.1 Å². The predicted molar refractivity (Wildman–Crippen MR) is 106 cm³/mol. The maximum atomic E-state index is 12.8. The van der Waals surface area contributed by atoms with Gasteiger partial charge < -0.3 is 16.0 Å². The van der Waals surface area contributed by atoms with Gasteiger partial charge in [-0.15, -0.1) is 0 Å². The third kappa shape index (κ3) is 4.77. The molecular formula is C21H30N4O3. The molecule has 0 aliphatic carbocycles. The molecule has 1 aromatic rings. The molecule has 3 amide bonds. The van der Waals surface area contributed by atoms with Gasteiger partial charge in [0.1, 0.15) is 6.04 Å². The van der Waals surface area contributed by atoms with E-state index in [1.165, 1.54) is 0 Å². The maximum Gasteiger partial charge on any atom is 0.255 e. The third-order valence-corrected chi connectivity index (χ3v) is 5.51. The van der Waals surface area contributed by atoms with Crippen LogP contribution in [0.25, 0.3) is 0 Å². The first-order valence-electron chi connectivity index (χ1n) is 10.2. The van der Waals surface area contributed by atoms with Crippen LogP contribution in [0.3, 0.4) is 0 Å². The lowest BCUT2D eigenvalue weighted by Crippen LogP contribution is -2.52. The van der Waals surface area contributed by atoms with Gasteiger partial charge in [0.15, 0.2) is 0 Å². The van der Waals surface area contributed by atoms with Gasteiger partial charge in [-0.1, -0.05) is 25.5 Å². The second kappa shape index (κ2) is 9.30. The van der Waals surface area contributed by atoms with Gasteiger partial charge in [-0.05, 0) is 49.4 Å². The molecule has 2 atom stereocenters. The number of nitrogens with one attached hydrogen (secondary N) is 2. The molecule has 0 saturated carbocycles. The minimum atomic E-state index is -0.563. The van der Waals surface area contributed by atoms with Crippen molar-refractivity contribution >= 4 is 17.7 Å². The molecule has 1 fully saturated rings. The maximum absolute atomic E-state index is 12.8. The van der Waals surface area contributed by atoms with Crippen LogP contribution >= 0.6 is 0 Å². The highest BCUT2D eigenvalue weighted by atomic mass is 16.2. The van der Waals surface area contributed by atoms with E-state index in [9.17, 15) is 14.4 Å². The van der Waals surface area contributed by atoms with Crippen molar-refractivity contribution in [2.75, 3.05) is 6.54 Å². The van der Waals surface area contributed by atoms with E-state index in [4.69, 9.17) is 5.73 Å². The largest absolute Gasteiger partial charge is 0.328 e. The normalized spacial score (nSPS) is 20.3. The van der Waals surface area contributed by atoms with Crippen LogP contribution in [0, 0.1) is 0 Å². The quantitative estimate of drug-likeness (QED) is 0.440. The molecule has 7 nitrogen and oxygen atoms in total. The molecule has 0 aromatic heterocycles. The van der Waals surface area contributed by atoms with Crippen LogP contribution in [-0.4, -0.2) is 41.2 Å². The number of hydrogen-bond acceptors (Lipinski definition) is 5. The van der Waals surface area contributed by atoms with Crippen LogP contribution in [0.5, 0.6) is 0 Å². The molecule has 1 aromatic carbocycles. The van der Waals surface area contributed by atoms with E-state index < -0.39 is 6.04 Å². The third-order valence-electron chi connectivity index (χ3n) is 5.51. The van der Waals surface area contributed by atoms with E-state index in [-0.39, 0.29) is 30.2 Å². The Hall–Kier alpha value is -2.25. The first-order chi connectivity index (χ1) is 13.5. The van der Waals surface area contributed by atoms with Crippen LogP contribution in [0.1, 0.15) is 66.9 Å². The molecule has 3 rings (SSSR count). The lowest BCUT2D eigenvalue weighted by atomic mass is 10.0. The highest BCUT2D eigenvalue weighted by Crippen LogP contribution is 2.28. The first-order valence-corrected chi connectivity index (χ1v) is 10.2. The van der Waals surface area contributed by atoms with Gasteiger partial charge in [-0.3, -0.25) is 19.7 Å². The van der Waals surface area contributed by atoms with Crippen molar-refractivity contribution < 1.29 is 14.4 Å². The average Bonchev–Trinajstić information content (AvgIpc) is 2.98. The van der Waals surface area contributed by atoms with Gasteiger partial charge in [-0.25, -0.2) is 0 Å². The Labute approximate surface area is 166 Å². The van der Waals surface area contributed by atoms with Crippen molar-refractivity contribution in [1.29, 1.82) is 0 Å². The molecule has 7 heteroatoms. The Balaban J connectivity index is 1.52. The number of nitrogens with zero attached hydrogens (tertiary/aromatic N) is 1. The van der Waals surface area contributed by atoms with Crippen molar-refractivity contribution in [1.82, 2.24) is 15.5 Å². The smallest absolute Gasteiger partial charge is 0.255 e. The topological polar surface area (TPSA) is 105 Å². The molecule has 4 N–H and O–H groups in total. The Morgan fingerprint density at radius 3 is 2.86 bits per heavy atom. The van der Waals surface area contributed by atoms with Crippen molar-refractivity contribution in [2.45, 2.75) is 70.6 Å². The SMILES string of the molecule is CCCC(N)CCCNCc1ccc2c(c1)C(=O)N(C1CCC(=O)NC1=O)C2. The molecule has 2 unspecified atom stereocenters. The van der Waals surface area contributed by atoms with E-state index in [1.807, 2.05) is 18.2 Å². The summed E-state index contributed by atoms with van der Waals surface area (Å²) in [6.07, 6.45) is 4.90. The molecular weight excluding hydrogens is 356 g/mol. The number of benzene rings is 1. The van der Waals surface area contributed by atoms with E-state index in [0.717, 1.165) is 43.4 Å². The van der Waals surface area contributed by atoms with Gasteiger partial charge in [0.2, 0.25) is 11.8 Å². The second-order valence-electron chi connectivity index (χ2n) is 7.76. The summed E-state index contributed by atoms with van der Waals surface area (Å²) in [6, 6.07) is 5.62. The fourth-order valence-corrected chi connectivity index (χ4v) is 3.95. The number of carbonyl (C=O) groups excluding carboxylic acids is 3. The fraction of sp³-hybridized carbons (Fsp3) is 0.571. The van der Waals surface area contributed by atoms with E-state index in [2.05, 4.69) is 17.6 Å². The number of amides is 3. The monoisotopic (exact) mass is 386 g/mol. The van der Waals surface area contributed by atoms with Crippen molar-refractivity contribution in [3.63, 3.8) is 0 Å². The Bertz CT molecular complexity index is 749. The zero-order chi connectivity index (χ0) is 20.1. The van der Waals surface area contributed by atoms with Gasteiger partial charge in [-0.2, -0.15) is 0 Å². The molecule has 0 bridgehead atoms. The van der Waals surface area contributed by atoms with Crippen LogP contribution in [-0.2, 0) is 22.7 Å². The molecule has 0 spiro atoms. The summed E-state index contributed by atoms with van der Waals surface area (Å²) >= 11 is 0. The molecule has 2 heterocycles. The minimum Gasteiger partial charge on any atom is -0.328 e. The number of fused-ring (bicyclic) bond motifs is 1. The highest BCUT2D eigenvalue weighted by Gasteiger charge is 2.38. The molecule has 2 aliphatic rings. The summed E-state index contributed by atoms with van der Waals surface area (Å²) in [5.41, 5.74) is 8.68. The lowest BCUT2D eigenvalue weighted by molar-refractivity contribution is -0.136. The number of piperidine rings is 1. The second-order valence-corrected chi connectivity index (χ2v) is 7.76. The fourth-order valence-electron chi connectivity index (χ4n) is 3.95. The summed E-state index contributed by atoms with van der Waals surface area (Å²) in [4.78, 5) is 37.8. The number of rotatable bonds is 9. The van der Waals surface area contributed by atoms with Crippen molar-refractivity contribution in [2.24, 2.45) is 5.73 Å². The van der Waals surface area contributed by atoms with E-state index in [1.54, 1.807) is 4.90 Å². The zero-order valence-electron chi connectivity index (χ0n) is 16.5. The summed E-state index contributed by atoms with van der Waals surface area (Å²) in [5.74, 6) is -0.771. The highest BCUT2D eigenvalue weighted by molar-refractivity contribution is 6.05. The number of carbonyl (C=O) groups is 3. The molecule has 152 valence electrons. The van der Waals surface area contributed by atoms with Crippen LogP contribution < -0.4 is 16.4 Å². The van der Waals surface area contributed by atoms with Crippen LogP contribution in [0.4, 0.5) is 0 Å². The first kappa shape index (κ1) is 20.5. The van der Waals surface area contributed by atoms with Gasteiger partial charge >= 0.3 is 0 Å². The number of nitrogens with two attached hydrogens (primary N) is 1. The molecule has 0 radical (unpaired) electrons. The van der Waals surface area contributed by atoms with Gasteiger partial charge in [0.25, 0.3) is 5.91 Å². The summed E-state index contributed by atoms with van der Waals surface area (Å²) in [5, 5.41) is 5.74. The van der Waals surface area contributed by atoms with Crippen LogP contribution in [0.2, 0.25) is 0 Å². The molecule has 1 saturated heterocycles. The van der Waals surface area contributed by atoms with Gasteiger partial charge in [0.05, 0.1) is 0 Å². The number of hydrogen-bond donors (Lipinski definition) is 3. The number of imide groups is 1. The summed E-state index contributed by atoms with van der Waals surface area (Å²) < 4.78 is 0. The Kier molecular flexibility index (Phi) is 6.80. The lowest BCUT2D eigenvalue weighted by Gasteiger charge is -2.29. The summed E-state index contributed by atoms with van der Waals surface area (Å²) in [7, 11) is 0. The Morgan fingerprint density at radius 1 is 1.29 bits per heavy atom. The summed E-state index contributed by atoms with van der Waals surface area (Å²) in [6.45, 7) is 4.16. The van der Waals surface area contributed by atoms with Gasteiger partial charge in [0, 0.05) is 31.1 Å². The van der Waals surface area contributed by atoms with Crippen molar-refractivity contribution in [3.05, 3.63) is 34.9 Å². The van der Waals surface area contributed by atoms with E-state index >= 15 is 0 Å². The Morgan fingerprint density at radius 2 is 2.11 bits per heavy atom. The zero-order valence-corrected chi connectivity index (χ0v) is 16.5. The predicted octanol–water partition coefficient (Wildman–Crippen LogP) is 1.44. The minimum absolute atomic E-state index is 0.128.